The Bertz CT molecular complexity index is 711. The van der Waals surface area contributed by atoms with E-state index in [1.54, 1.807) is 23.1 Å². The summed E-state index contributed by atoms with van der Waals surface area (Å²) >= 11 is 12.0. The number of carbonyl (C=O) groups excluding carboxylic acids is 1. The summed E-state index contributed by atoms with van der Waals surface area (Å²) in [4.78, 5) is 16.2. The molecule has 122 valence electrons. The number of aryl methyl sites for hydroxylation is 1. The van der Waals surface area contributed by atoms with Crippen LogP contribution in [0.15, 0.2) is 28.8 Å². The second-order valence-electron chi connectivity index (χ2n) is 5.30. The molecule has 23 heavy (non-hydrogen) atoms. The van der Waals surface area contributed by atoms with Crippen molar-refractivity contribution < 1.29 is 9.32 Å². The zero-order valence-corrected chi connectivity index (χ0v) is 14.1. The molecule has 0 saturated carbocycles. The molecule has 1 aliphatic rings. The van der Waals surface area contributed by atoms with Gasteiger partial charge in [0.25, 0.3) is 0 Å². The highest BCUT2D eigenvalue weighted by Gasteiger charge is 2.23. The summed E-state index contributed by atoms with van der Waals surface area (Å²) in [6.07, 6.45) is 0. The van der Waals surface area contributed by atoms with Gasteiger partial charge < -0.3 is 19.6 Å². The van der Waals surface area contributed by atoms with E-state index >= 15 is 0 Å². The molecule has 1 N–H and O–H groups in total. The van der Waals surface area contributed by atoms with E-state index in [2.05, 4.69) is 15.4 Å². The van der Waals surface area contributed by atoms with Gasteiger partial charge in [0.1, 0.15) is 5.76 Å². The largest absolute Gasteiger partial charge is 0.360 e. The molecule has 2 amide bonds. The quantitative estimate of drug-likeness (QED) is 0.893. The van der Waals surface area contributed by atoms with Crippen LogP contribution in [-0.4, -0.2) is 42.3 Å². The lowest BCUT2D eigenvalue weighted by atomic mass is 10.3. The topological polar surface area (TPSA) is 61.6 Å². The fourth-order valence-electron chi connectivity index (χ4n) is 2.44. The standard InChI is InChI=1S/C15H16Cl2N4O2/c1-10-9-13(19-23-10)20-5-7-21(8-6-20)15(22)18-12-4-2-3-11(16)14(12)17/h2-4,9H,5-8H2,1H3,(H,18,22). The molecule has 2 aromatic rings. The van der Waals surface area contributed by atoms with E-state index in [4.69, 9.17) is 27.7 Å². The van der Waals surface area contributed by atoms with Gasteiger partial charge in [0.15, 0.2) is 5.82 Å². The third kappa shape index (κ3) is 3.54. The van der Waals surface area contributed by atoms with Crippen molar-refractivity contribution in [1.82, 2.24) is 10.1 Å². The zero-order chi connectivity index (χ0) is 16.4. The van der Waals surface area contributed by atoms with Crippen molar-refractivity contribution in [3.05, 3.63) is 40.1 Å². The fraction of sp³-hybridized carbons (Fsp3) is 0.333. The number of nitrogens with one attached hydrogen (secondary N) is 1. The number of benzene rings is 1. The molecule has 3 rings (SSSR count). The van der Waals surface area contributed by atoms with Crippen molar-refractivity contribution >= 4 is 40.7 Å². The van der Waals surface area contributed by atoms with Gasteiger partial charge in [-0.1, -0.05) is 34.4 Å². The monoisotopic (exact) mass is 354 g/mol. The maximum absolute atomic E-state index is 12.3. The first kappa shape index (κ1) is 16.0. The summed E-state index contributed by atoms with van der Waals surface area (Å²) in [6.45, 7) is 4.44. The van der Waals surface area contributed by atoms with E-state index in [0.29, 0.717) is 41.9 Å². The predicted molar refractivity (Wildman–Crippen MR) is 90.5 cm³/mol. The molecule has 0 bridgehead atoms. The minimum absolute atomic E-state index is 0.190. The summed E-state index contributed by atoms with van der Waals surface area (Å²) in [7, 11) is 0. The Morgan fingerprint density at radius 2 is 2.00 bits per heavy atom. The average molecular weight is 355 g/mol. The fourth-order valence-corrected chi connectivity index (χ4v) is 2.78. The minimum atomic E-state index is -0.190. The van der Waals surface area contributed by atoms with Crippen LogP contribution < -0.4 is 10.2 Å². The number of urea groups is 1. The van der Waals surface area contributed by atoms with Gasteiger partial charge in [-0.05, 0) is 19.1 Å². The number of amides is 2. The van der Waals surface area contributed by atoms with Crippen molar-refractivity contribution in [2.24, 2.45) is 0 Å². The summed E-state index contributed by atoms with van der Waals surface area (Å²) in [5.74, 6) is 1.58. The molecule has 0 radical (unpaired) electrons. The molecule has 0 unspecified atom stereocenters. The molecule has 0 aliphatic carbocycles. The lowest BCUT2D eigenvalue weighted by Crippen LogP contribution is -2.50. The summed E-state index contributed by atoms with van der Waals surface area (Å²) in [6, 6.07) is 6.85. The highest BCUT2D eigenvalue weighted by Crippen LogP contribution is 2.29. The molecule has 1 aliphatic heterocycles. The number of hydrogen-bond acceptors (Lipinski definition) is 4. The molecule has 0 atom stereocenters. The maximum Gasteiger partial charge on any atom is 0.322 e. The van der Waals surface area contributed by atoms with Crippen molar-refractivity contribution in [2.45, 2.75) is 6.92 Å². The third-order valence-electron chi connectivity index (χ3n) is 3.70. The van der Waals surface area contributed by atoms with Gasteiger partial charge >= 0.3 is 6.03 Å². The Morgan fingerprint density at radius 1 is 1.26 bits per heavy atom. The van der Waals surface area contributed by atoms with Crippen molar-refractivity contribution in [3.63, 3.8) is 0 Å². The second-order valence-corrected chi connectivity index (χ2v) is 6.09. The van der Waals surface area contributed by atoms with Crippen LogP contribution in [0.4, 0.5) is 16.3 Å². The van der Waals surface area contributed by atoms with E-state index in [0.717, 1.165) is 11.6 Å². The SMILES string of the molecule is Cc1cc(N2CCN(C(=O)Nc3cccc(Cl)c3Cl)CC2)no1. The van der Waals surface area contributed by atoms with Crippen LogP contribution in [0.1, 0.15) is 5.76 Å². The number of nitrogens with zero attached hydrogens (tertiary/aromatic N) is 3. The van der Waals surface area contributed by atoms with Crippen LogP contribution in [0.25, 0.3) is 0 Å². The van der Waals surface area contributed by atoms with E-state index in [9.17, 15) is 4.79 Å². The third-order valence-corrected chi connectivity index (χ3v) is 4.52. The molecule has 6 nitrogen and oxygen atoms in total. The lowest BCUT2D eigenvalue weighted by Gasteiger charge is -2.34. The van der Waals surface area contributed by atoms with Crippen LogP contribution >= 0.6 is 23.2 Å². The van der Waals surface area contributed by atoms with Gasteiger partial charge in [0.2, 0.25) is 0 Å². The normalized spacial score (nSPS) is 14.9. The van der Waals surface area contributed by atoms with E-state index in [1.165, 1.54) is 0 Å². The molecule has 8 heteroatoms. The van der Waals surface area contributed by atoms with Gasteiger partial charge in [0, 0.05) is 32.2 Å². The zero-order valence-electron chi connectivity index (χ0n) is 12.6. The molecule has 1 fully saturated rings. The van der Waals surface area contributed by atoms with Crippen molar-refractivity contribution in [2.75, 3.05) is 36.4 Å². The second kappa shape index (κ2) is 6.68. The number of anilines is 2. The highest BCUT2D eigenvalue weighted by atomic mass is 35.5. The van der Waals surface area contributed by atoms with Crippen molar-refractivity contribution in [1.29, 1.82) is 0 Å². The summed E-state index contributed by atoms with van der Waals surface area (Å²) in [5, 5.41) is 7.55. The first-order valence-electron chi connectivity index (χ1n) is 7.23. The Labute approximate surface area is 143 Å². The van der Waals surface area contributed by atoms with E-state index < -0.39 is 0 Å². The number of aromatic nitrogens is 1. The number of carbonyl (C=O) groups is 1. The molecule has 1 saturated heterocycles. The van der Waals surface area contributed by atoms with Crippen LogP contribution in [0.2, 0.25) is 10.0 Å². The Hall–Kier alpha value is -1.92. The Kier molecular flexibility index (Phi) is 4.63. The number of halogens is 2. The van der Waals surface area contributed by atoms with Gasteiger partial charge in [-0.2, -0.15) is 0 Å². The van der Waals surface area contributed by atoms with Crippen LogP contribution in [-0.2, 0) is 0 Å². The molecular formula is C15H16Cl2N4O2. The lowest BCUT2D eigenvalue weighted by molar-refractivity contribution is 0.208. The first-order chi connectivity index (χ1) is 11.0. The average Bonchev–Trinajstić information content (AvgIpc) is 2.98. The molecule has 1 aromatic heterocycles. The Morgan fingerprint density at radius 3 is 2.65 bits per heavy atom. The molecule has 2 heterocycles. The minimum Gasteiger partial charge on any atom is -0.360 e. The number of piperazine rings is 1. The number of rotatable bonds is 2. The first-order valence-corrected chi connectivity index (χ1v) is 7.98. The molecule has 0 spiro atoms. The van der Waals surface area contributed by atoms with Gasteiger partial charge in [-0.25, -0.2) is 4.79 Å². The van der Waals surface area contributed by atoms with Gasteiger partial charge in [-0.3, -0.25) is 0 Å². The van der Waals surface area contributed by atoms with Crippen LogP contribution in [0.3, 0.4) is 0 Å². The van der Waals surface area contributed by atoms with Crippen LogP contribution in [0, 0.1) is 6.92 Å². The predicted octanol–water partition coefficient (Wildman–Crippen LogP) is 3.64. The summed E-state index contributed by atoms with van der Waals surface area (Å²) < 4.78 is 5.08. The van der Waals surface area contributed by atoms with Gasteiger partial charge in [0.05, 0.1) is 15.7 Å². The molecular weight excluding hydrogens is 339 g/mol. The Balaban J connectivity index is 1.59. The van der Waals surface area contributed by atoms with Crippen LogP contribution in [0.5, 0.6) is 0 Å². The van der Waals surface area contributed by atoms with E-state index in [-0.39, 0.29) is 6.03 Å². The smallest absolute Gasteiger partial charge is 0.322 e. The highest BCUT2D eigenvalue weighted by molar-refractivity contribution is 6.43. The number of hydrogen-bond donors (Lipinski definition) is 1. The van der Waals surface area contributed by atoms with E-state index in [1.807, 2.05) is 13.0 Å². The van der Waals surface area contributed by atoms with Gasteiger partial charge in [-0.15, -0.1) is 0 Å². The maximum atomic E-state index is 12.3. The van der Waals surface area contributed by atoms with Crippen molar-refractivity contribution in [3.8, 4) is 0 Å². The summed E-state index contributed by atoms with van der Waals surface area (Å²) in [5.41, 5.74) is 0.513. The molecule has 1 aromatic carbocycles.